The molecule has 3 aromatic rings. The summed E-state index contributed by atoms with van der Waals surface area (Å²) in [5.74, 6) is 0.958. The Morgan fingerprint density at radius 2 is 2.10 bits per heavy atom. The van der Waals surface area contributed by atoms with Crippen LogP contribution >= 0.6 is 0 Å². The van der Waals surface area contributed by atoms with Crippen molar-refractivity contribution in [3.8, 4) is 0 Å². The third-order valence-corrected chi connectivity index (χ3v) is 3.12. The summed E-state index contributed by atoms with van der Waals surface area (Å²) in [4.78, 5) is 15.3. The van der Waals surface area contributed by atoms with E-state index < -0.39 is 0 Å². The van der Waals surface area contributed by atoms with Gasteiger partial charge in [-0.05, 0) is 17.9 Å². The Bertz CT molecular complexity index is 734. The quantitative estimate of drug-likeness (QED) is 0.556. The molecule has 1 aromatic carbocycles. The Kier molecular flexibility index (Phi) is 3.86. The average molecular weight is 280 g/mol. The van der Waals surface area contributed by atoms with Gasteiger partial charge in [-0.15, -0.1) is 0 Å². The smallest absolute Gasteiger partial charge is 0.182 e. The highest BCUT2D eigenvalue weighted by molar-refractivity contribution is 5.82. The second-order valence-electron chi connectivity index (χ2n) is 4.88. The summed E-state index contributed by atoms with van der Waals surface area (Å²) in [6.45, 7) is 2.13. The standard InChI is InChI=1S/C15H16N6/c1-11(7-12-5-3-2-4-6-12)8-20-21-15-13-14(17-9-16-13)18-10-19-15/h2-6,8-11H,7H2,1H3,(H2,16,17,18,19,21)/b20-8+. The lowest BCUT2D eigenvalue weighted by Gasteiger charge is -2.05. The summed E-state index contributed by atoms with van der Waals surface area (Å²) in [5.41, 5.74) is 5.62. The van der Waals surface area contributed by atoms with Crippen LogP contribution in [0.15, 0.2) is 48.1 Å². The molecule has 0 saturated carbocycles. The van der Waals surface area contributed by atoms with Gasteiger partial charge >= 0.3 is 0 Å². The van der Waals surface area contributed by atoms with E-state index in [1.165, 1.54) is 11.9 Å². The van der Waals surface area contributed by atoms with Gasteiger partial charge in [-0.2, -0.15) is 5.10 Å². The Morgan fingerprint density at radius 3 is 2.95 bits per heavy atom. The van der Waals surface area contributed by atoms with Crippen molar-refractivity contribution in [3.63, 3.8) is 0 Å². The van der Waals surface area contributed by atoms with Crippen LogP contribution in [-0.4, -0.2) is 26.2 Å². The van der Waals surface area contributed by atoms with E-state index in [4.69, 9.17) is 0 Å². The number of hydrogen-bond donors (Lipinski definition) is 2. The Morgan fingerprint density at radius 1 is 1.24 bits per heavy atom. The van der Waals surface area contributed by atoms with Crippen molar-refractivity contribution in [3.05, 3.63) is 48.5 Å². The van der Waals surface area contributed by atoms with Gasteiger partial charge in [0.25, 0.3) is 0 Å². The number of fused-ring (bicyclic) bond motifs is 1. The van der Waals surface area contributed by atoms with Crippen LogP contribution in [0.2, 0.25) is 0 Å². The summed E-state index contributed by atoms with van der Waals surface area (Å²) in [5, 5.41) is 4.25. The van der Waals surface area contributed by atoms with Gasteiger partial charge in [-0.1, -0.05) is 37.3 Å². The Labute approximate surface area is 122 Å². The van der Waals surface area contributed by atoms with Crippen molar-refractivity contribution >= 4 is 23.2 Å². The fourth-order valence-corrected chi connectivity index (χ4v) is 2.11. The van der Waals surface area contributed by atoms with Gasteiger partial charge in [-0.3, -0.25) is 5.43 Å². The first kappa shape index (κ1) is 13.2. The van der Waals surface area contributed by atoms with Gasteiger partial charge in [0.15, 0.2) is 11.5 Å². The van der Waals surface area contributed by atoms with Crippen LogP contribution in [0.5, 0.6) is 0 Å². The number of nitrogens with zero attached hydrogens (tertiary/aromatic N) is 4. The summed E-state index contributed by atoms with van der Waals surface area (Å²) in [6, 6.07) is 10.4. The molecule has 3 rings (SSSR count). The lowest BCUT2D eigenvalue weighted by molar-refractivity contribution is 0.781. The number of imidazole rings is 1. The second kappa shape index (κ2) is 6.13. The zero-order valence-corrected chi connectivity index (χ0v) is 11.7. The molecule has 0 aliphatic rings. The van der Waals surface area contributed by atoms with Crippen molar-refractivity contribution in [2.24, 2.45) is 11.0 Å². The maximum Gasteiger partial charge on any atom is 0.182 e. The van der Waals surface area contributed by atoms with Gasteiger partial charge < -0.3 is 4.98 Å². The van der Waals surface area contributed by atoms with Gasteiger partial charge in [0.05, 0.1) is 6.33 Å². The van der Waals surface area contributed by atoms with Crippen LogP contribution in [0, 0.1) is 5.92 Å². The maximum atomic E-state index is 4.25. The Balaban J connectivity index is 1.63. The summed E-state index contributed by atoms with van der Waals surface area (Å²) < 4.78 is 0. The van der Waals surface area contributed by atoms with E-state index in [1.807, 2.05) is 24.4 Å². The van der Waals surface area contributed by atoms with E-state index in [9.17, 15) is 0 Å². The minimum Gasteiger partial charge on any atom is -0.340 e. The highest BCUT2D eigenvalue weighted by Crippen LogP contribution is 2.14. The van der Waals surface area contributed by atoms with E-state index in [1.54, 1.807) is 6.33 Å². The SMILES string of the molecule is CC(/C=N/Nc1ncnc2nc[nH]c12)Cc1ccccc1. The molecule has 1 unspecified atom stereocenters. The van der Waals surface area contributed by atoms with E-state index in [0.29, 0.717) is 17.4 Å². The number of anilines is 1. The molecular weight excluding hydrogens is 264 g/mol. The molecule has 6 heteroatoms. The van der Waals surface area contributed by atoms with Crippen LogP contribution in [0.4, 0.5) is 5.82 Å². The van der Waals surface area contributed by atoms with Crippen molar-refractivity contribution in [1.82, 2.24) is 19.9 Å². The minimum absolute atomic E-state index is 0.332. The van der Waals surface area contributed by atoms with E-state index in [-0.39, 0.29) is 0 Å². The highest BCUT2D eigenvalue weighted by atomic mass is 15.3. The molecule has 0 radical (unpaired) electrons. The number of hydrogen-bond acceptors (Lipinski definition) is 5. The second-order valence-corrected chi connectivity index (χ2v) is 4.88. The molecule has 2 N–H and O–H groups in total. The fraction of sp³-hybridized carbons (Fsp3) is 0.200. The zero-order valence-electron chi connectivity index (χ0n) is 11.7. The molecule has 0 aliphatic heterocycles. The number of benzene rings is 1. The first-order valence-electron chi connectivity index (χ1n) is 6.80. The van der Waals surface area contributed by atoms with Crippen molar-refractivity contribution < 1.29 is 0 Å². The average Bonchev–Trinajstić information content (AvgIpc) is 2.97. The van der Waals surface area contributed by atoms with Gasteiger partial charge in [-0.25, -0.2) is 15.0 Å². The molecule has 6 nitrogen and oxygen atoms in total. The number of aromatic amines is 1. The zero-order chi connectivity index (χ0) is 14.5. The monoisotopic (exact) mass is 280 g/mol. The van der Waals surface area contributed by atoms with Crippen LogP contribution in [0.25, 0.3) is 11.2 Å². The number of rotatable bonds is 5. The van der Waals surface area contributed by atoms with Crippen molar-refractivity contribution in [2.45, 2.75) is 13.3 Å². The molecule has 21 heavy (non-hydrogen) atoms. The lowest BCUT2D eigenvalue weighted by atomic mass is 10.0. The molecule has 0 spiro atoms. The largest absolute Gasteiger partial charge is 0.340 e. The first-order chi connectivity index (χ1) is 10.3. The number of H-pyrrole nitrogens is 1. The molecule has 0 saturated heterocycles. The van der Waals surface area contributed by atoms with Crippen LogP contribution in [0.1, 0.15) is 12.5 Å². The molecule has 0 aliphatic carbocycles. The number of nitrogens with one attached hydrogen (secondary N) is 2. The topological polar surface area (TPSA) is 78.8 Å². The minimum atomic E-state index is 0.332. The van der Waals surface area contributed by atoms with Gasteiger partial charge in [0.2, 0.25) is 0 Å². The van der Waals surface area contributed by atoms with Gasteiger partial charge in [0, 0.05) is 6.21 Å². The van der Waals surface area contributed by atoms with Gasteiger partial charge in [0.1, 0.15) is 11.8 Å². The molecule has 1 atom stereocenters. The molecular formula is C15H16N6. The predicted octanol–water partition coefficient (Wildman–Crippen LogP) is 2.63. The fourth-order valence-electron chi connectivity index (χ4n) is 2.11. The highest BCUT2D eigenvalue weighted by Gasteiger charge is 2.04. The summed E-state index contributed by atoms with van der Waals surface area (Å²) in [7, 11) is 0. The molecule has 0 fully saturated rings. The third-order valence-electron chi connectivity index (χ3n) is 3.12. The van der Waals surface area contributed by atoms with Crippen molar-refractivity contribution in [1.29, 1.82) is 0 Å². The number of aromatic nitrogens is 4. The first-order valence-corrected chi connectivity index (χ1v) is 6.80. The third kappa shape index (κ3) is 3.22. The van der Waals surface area contributed by atoms with E-state index in [0.717, 1.165) is 11.9 Å². The Hall–Kier alpha value is -2.76. The molecule has 0 amide bonds. The summed E-state index contributed by atoms with van der Waals surface area (Å²) >= 11 is 0. The maximum absolute atomic E-state index is 4.25. The predicted molar refractivity (Wildman–Crippen MR) is 83.1 cm³/mol. The van der Waals surface area contributed by atoms with Crippen LogP contribution in [-0.2, 0) is 6.42 Å². The number of hydrazone groups is 1. The van der Waals surface area contributed by atoms with Crippen LogP contribution in [0.3, 0.4) is 0 Å². The molecule has 0 bridgehead atoms. The lowest BCUT2D eigenvalue weighted by Crippen LogP contribution is -2.03. The van der Waals surface area contributed by atoms with E-state index in [2.05, 4.69) is 49.5 Å². The molecule has 2 heterocycles. The van der Waals surface area contributed by atoms with Crippen LogP contribution < -0.4 is 5.43 Å². The van der Waals surface area contributed by atoms with Crippen molar-refractivity contribution in [2.75, 3.05) is 5.43 Å². The molecule has 106 valence electrons. The van der Waals surface area contributed by atoms with E-state index >= 15 is 0 Å². The summed E-state index contributed by atoms with van der Waals surface area (Å²) in [6.07, 6.45) is 5.90. The molecule has 2 aromatic heterocycles. The normalized spacial score (nSPS) is 12.8.